The fourth-order valence-electron chi connectivity index (χ4n) is 3.85. The molecule has 0 spiro atoms. The van der Waals surface area contributed by atoms with E-state index in [-0.39, 0.29) is 18.9 Å². The topological polar surface area (TPSA) is 66.4 Å². The van der Waals surface area contributed by atoms with E-state index in [1.54, 1.807) is 0 Å². The smallest absolute Gasteiger partial charge is 0.305 e. The molecule has 0 aliphatic rings. The molecule has 0 heterocycles. The van der Waals surface area contributed by atoms with E-state index in [9.17, 15) is 9.59 Å². The van der Waals surface area contributed by atoms with Crippen molar-refractivity contribution in [3.63, 3.8) is 0 Å². The third kappa shape index (κ3) is 3.43. The lowest BCUT2D eigenvalue weighted by Gasteiger charge is -2.14. The molecular weight excluding hydrogens is 338 g/mol. The van der Waals surface area contributed by atoms with Gasteiger partial charge in [-0.3, -0.25) is 9.59 Å². The number of hydrogen-bond acceptors (Lipinski definition) is 2. The molecule has 1 amide bonds. The summed E-state index contributed by atoms with van der Waals surface area (Å²) in [7, 11) is 0. The van der Waals surface area contributed by atoms with Crippen LogP contribution in [0, 0.1) is 0 Å². The van der Waals surface area contributed by atoms with Crippen LogP contribution in [0.25, 0.3) is 32.3 Å². The summed E-state index contributed by atoms with van der Waals surface area (Å²) >= 11 is 0. The Morgan fingerprint density at radius 1 is 0.815 bits per heavy atom. The molecule has 0 aromatic heterocycles. The Bertz CT molecular complexity index is 1120. The first-order valence-corrected chi connectivity index (χ1v) is 9.27. The van der Waals surface area contributed by atoms with Gasteiger partial charge in [0.15, 0.2) is 0 Å². The van der Waals surface area contributed by atoms with E-state index in [1.165, 1.54) is 37.9 Å². The number of hydrogen-bond donors (Lipinski definition) is 2. The second-order valence-electron chi connectivity index (χ2n) is 6.93. The van der Waals surface area contributed by atoms with Gasteiger partial charge in [-0.05, 0) is 50.7 Å². The fourth-order valence-corrected chi connectivity index (χ4v) is 3.85. The van der Waals surface area contributed by atoms with Crippen molar-refractivity contribution in [1.29, 1.82) is 0 Å². The Morgan fingerprint density at radius 3 is 2.22 bits per heavy atom. The number of benzene rings is 4. The zero-order valence-corrected chi connectivity index (χ0v) is 15.0. The van der Waals surface area contributed by atoms with E-state index in [2.05, 4.69) is 59.9 Å². The van der Waals surface area contributed by atoms with Crippen LogP contribution in [0.15, 0.2) is 54.6 Å². The van der Waals surface area contributed by atoms with E-state index >= 15 is 0 Å². The summed E-state index contributed by atoms with van der Waals surface area (Å²) in [5.41, 5.74) is 1.25. The van der Waals surface area contributed by atoms with Gasteiger partial charge in [-0.2, -0.15) is 0 Å². The molecule has 27 heavy (non-hydrogen) atoms. The van der Waals surface area contributed by atoms with E-state index in [4.69, 9.17) is 5.11 Å². The number of rotatable bonds is 7. The monoisotopic (exact) mass is 359 g/mol. The predicted octanol–water partition coefficient (Wildman–Crippen LogP) is 4.50. The Labute approximate surface area is 157 Å². The van der Waals surface area contributed by atoms with E-state index in [1.807, 2.05) is 0 Å². The highest BCUT2D eigenvalue weighted by Crippen LogP contribution is 2.36. The first-order valence-electron chi connectivity index (χ1n) is 9.27. The maximum Gasteiger partial charge on any atom is 0.305 e. The number of aliphatic carboxylic acids is 1. The average molecular weight is 359 g/mol. The molecule has 2 N–H and O–H groups in total. The third-order valence-corrected chi connectivity index (χ3v) is 5.13. The number of aryl methyl sites for hydroxylation is 1. The van der Waals surface area contributed by atoms with Gasteiger partial charge >= 0.3 is 5.97 Å². The molecule has 4 aromatic carbocycles. The van der Waals surface area contributed by atoms with Crippen molar-refractivity contribution in [3.05, 3.63) is 60.2 Å². The summed E-state index contributed by atoms with van der Waals surface area (Å²) in [4.78, 5) is 22.3. The third-order valence-electron chi connectivity index (χ3n) is 5.13. The molecule has 0 fully saturated rings. The summed E-state index contributed by atoms with van der Waals surface area (Å²) in [5.74, 6) is -0.988. The number of nitrogens with one attached hydrogen (secondary N) is 1. The molecule has 0 aliphatic carbocycles. The second kappa shape index (κ2) is 7.23. The SMILES string of the molecule is O=C(O)CCNC(=O)CCCc1ccc2ccc3cccc4ccc1c2c34. The number of carboxylic acids is 1. The van der Waals surface area contributed by atoms with Gasteiger partial charge in [0.05, 0.1) is 6.42 Å². The molecule has 4 nitrogen and oxygen atoms in total. The van der Waals surface area contributed by atoms with Crippen LogP contribution in [0.4, 0.5) is 0 Å². The van der Waals surface area contributed by atoms with Crippen molar-refractivity contribution >= 4 is 44.2 Å². The Hall–Kier alpha value is -3.14. The number of carboxylic acid groups (broad SMARTS) is 1. The molecule has 0 atom stereocenters. The van der Waals surface area contributed by atoms with Gasteiger partial charge in [0, 0.05) is 13.0 Å². The van der Waals surface area contributed by atoms with Crippen molar-refractivity contribution in [2.45, 2.75) is 25.7 Å². The summed E-state index contributed by atoms with van der Waals surface area (Å²) in [5, 5.41) is 18.9. The first-order chi connectivity index (χ1) is 13.1. The van der Waals surface area contributed by atoms with E-state index in [0.717, 1.165) is 12.8 Å². The van der Waals surface area contributed by atoms with Gasteiger partial charge < -0.3 is 10.4 Å². The fraction of sp³-hybridized carbons (Fsp3) is 0.217. The van der Waals surface area contributed by atoms with Gasteiger partial charge in [0.25, 0.3) is 0 Å². The van der Waals surface area contributed by atoms with Crippen LogP contribution in [-0.2, 0) is 16.0 Å². The van der Waals surface area contributed by atoms with Crippen LogP contribution in [0.5, 0.6) is 0 Å². The maximum absolute atomic E-state index is 11.8. The van der Waals surface area contributed by atoms with Gasteiger partial charge in [-0.15, -0.1) is 0 Å². The summed E-state index contributed by atoms with van der Waals surface area (Å²) in [6.45, 7) is 0.187. The summed E-state index contributed by atoms with van der Waals surface area (Å²) in [6, 6.07) is 19.4. The molecule has 0 saturated carbocycles. The Kier molecular flexibility index (Phi) is 4.63. The molecular formula is C23H21NO3. The molecule has 0 bridgehead atoms. The molecule has 0 aliphatic heterocycles. The number of carbonyl (C=O) groups is 2. The van der Waals surface area contributed by atoms with Crippen LogP contribution in [0.1, 0.15) is 24.8 Å². The van der Waals surface area contributed by atoms with Crippen LogP contribution in [0.3, 0.4) is 0 Å². The number of amides is 1. The minimum atomic E-state index is -0.899. The molecule has 136 valence electrons. The summed E-state index contributed by atoms with van der Waals surface area (Å²) < 4.78 is 0. The molecule has 0 radical (unpaired) electrons. The predicted molar refractivity (Wildman–Crippen MR) is 108 cm³/mol. The second-order valence-corrected chi connectivity index (χ2v) is 6.93. The summed E-state index contributed by atoms with van der Waals surface area (Å²) in [6.07, 6.45) is 1.92. The van der Waals surface area contributed by atoms with Crippen LogP contribution < -0.4 is 5.32 Å². The van der Waals surface area contributed by atoms with Gasteiger partial charge in [-0.1, -0.05) is 54.6 Å². The van der Waals surface area contributed by atoms with Crippen LogP contribution in [0.2, 0.25) is 0 Å². The minimum Gasteiger partial charge on any atom is -0.481 e. The van der Waals surface area contributed by atoms with E-state index < -0.39 is 5.97 Å². The highest BCUT2D eigenvalue weighted by atomic mass is 16.4. The molecule has 4 aromatic rings. The van der Waals surface area contributed by atoms with Crippen molar-refractivity contribution in [2.75, 3.05) is 6.54 Å². The van der Waals surface area contributed by atoms with E-state index in [0.29, 0.717) is 6.42 Å². The first kappa shape index (κ1) is 17.3. The number of carbonyl (C=O) groups excluding carboxylic acids is 1. The lowest BCUT2D eigenvalue weighted by atomic mass is 9.90. The quantitative estimate of drug-likeness (QED) is 0.478. The largest absolute Gasteiger partial charge is 0.481 e. The molecule has 0 saturated heterocycles. The molecule has 4 rings (SSSR count). The van der Waals surface area contributed by atoms with Crippen molar-refractivity contribution < 1.29 is 14.7 Å². The van der Waals surface area contributed by atoms with Crippen LogP contribution in [-0.4, -0.2) is 23.5 Å². The van der Waals surface area contributed by atoms with Crippen molar-refractivity contribution in [3.8, 4) is 0 Å². The minimum absolute atomic E-state index is 0.0409. The normalized spacial score (nSPS) is 11.4. The van der Waals surface area contributed by atoms with Crippen LogP contribution >= 0.6 is 0 Å². The van der Waals surface area contributed by atoms with Gasteiger partial charge in [0.2, 0.25) is 5.91 Å². The van der Waals surface area contributed by atoms with Gasteiger partial charge in [-0.25, -0.2) is 0 Å². The average Bonchev–Trinajstić information content (AvgIpc) is 2.66. The Balaban J connectivity index is 1.54. The highest BCUT2D eigenvalue weighted by molar-refractivity contribution is 6.23. The van der Waals surface area contributed by atoms with Gasteiger partial charge in [0.1, 0.15) is 0 Å². The lowest BCUT2D eigenvalue weighted by molar-refractivity contribution is -0.136. The molecule has 4 heteroatoms. The molecule has 0 unspecified atom stereocenters. The maximum atomic E-state index is 11.8. The van der Waals surface area contributed by atoms with Crippen molar-refractivity contribution in [1.82, 2.24) is 5.32 Å². The standard InChI is InChI=1S/C23H21NO3/c25-20(24-14-13-21(26)27)6-2-3-15-7-8-18-10-9-16-4-1-5-17-11-12-19(15)23(18)22(16)17/h1,4-5,7-12H,2-3,6,13-14H2,(H,24,25)(H,26,27). The zero-order valence-electron chi connectivity index (χ0n) is 15.0. The van der Waals surface area contributed by atoms with Crippen molar-refractivity contribution in [2.24, 2.45) is 0 Å². The lowest BCUT2D eigenvalue weighted by Crippen LogP contribution is -2.25. The Morgan fingerprint density at radius 2 is 1.48 bits per heavy atom. The zero-order chi connectivity index (χ0) is 18.8. The highest BCUT2D eigenvalue weighted by Gasteiger charge is 2.11.